The summed E-state index contributed by atoms with van der Waals surface area (Å²) in [6.07, 6.45) is 4.10. The highest BCUT2D eigenvalue weighted by Gasteiger charge is 2.21. The highest BCUT2D eigenvalue weighted by atomic mass is 35.5. The zero-order valence-electron chi connectivity index (χ0n) is 13.2. The number of amides is 1. The van der Waals surface area contributed by atoms with E-state index in [9.17, 15) is 4.79 Å². The second kappa shape index (κ2) is 11.9. The Kier molecular flexibility index (Phi) is 11.7. The molecule has 0 unspecified atom stereocenters. The summed E-state index contributed by atoms with van der Waals surface area (Å²) in [6.45, 7) is 3.24. The number of nitrogens with one attached hydrogen (secondary N) is 1. The highest BCUT2D eigenvalue weighted by molar-refractivity contribution is 6.30. The number of carbonyl (C=O) groups is 1. The van der Waals surface area contributed by atoms with Crippen LogP contribution in [0.3, 0.4) is 0 Å². The van der Waals surface area contributed by atoms with Crippen LogP contribution in [-0.2, 0) is 11.3 Å². The molecule has 1 fully saturated rings. The lowest BCUT2D eigenvalue weighted by atomic mass is 10.1. The van der Waals surface area contributed by atoms with E-state index in [4.69, 9.17) is 17.3 Å². The molecule has 1 aromatic rings. The van der Waals surface area contributed by atoms with E-state index >= 15 is 0 Å². The Morgan fingerprint density at radius 1 is 1.17 bits per heavy atom. The average molecular weight is 383 g/mol. The Labute approximate surface area is 155 Å². The normalized spacial score (nSPS) is 15.3. The first-order valence-electron chi connectivity index (χ1n) is 7.66. The number of benzene rings is 1. The molecule has 1 atom stereocenters. The van der Waals surface area contributed by atoms with Gasteiger partial charge in [0, 0.05) is 24.7 Å². The summed E-state index contributed by atoms with van der Waals surface area (Å²) in [4.78, 5) is 14.1. The van der Waals surface area contributed by atoms with Crippen molar-refractivity contribution in [1.29, 1.82) is 0 Å². The van der Waals surface area contributed by atoms with Crippen LogP contribution in [0.1, 0.15) is 31.2 Å². The maximum Gasteiger partial charge on any atom is 0.239 e. The summed E-state index contributed by atoms with van der Waals surface area (Å²) in [5.41, 5.74) is 7.17. The molecule has 0 aromatic heterocycles. The van der Waals surface area contributed by atoms with Gasteiger partial charge < -0.3 is 16.0 Å². The molecule has 0 spiro atoms. The van der Waals surface area contributed by atoms with Gasteiger partial charge in [0.2, 0.25) is 5.91 Å². The highest BCUT2D eigenvalue weighted by Crippen LogP contribution is 2.11. The zero-order valence-corrected chi connectivity index (χ0v) is 15.6. The van der Waals surface area contributed by atoms with Gasteiger partial charge in [0.25, 0.3) is 0 Å². The van der Waals surface area contributed by atoms with Gasteiger partial charge in [-0.25, -0.2) is 0 Å². The van der Waals surface area contributed by atoms with Crippen LogP contribution in [0.4, 0.5) is 0 Å². The number of carbonyl (C=O) groups excluding carboxylic acids is 1. The number of nitrogens with zero attached hydrogens (tertiary/aromatic N) is 1. The van der Waals surface area contributed by atoms with E-state index in [0.717, 1.165) is 44.0 Å². The summed E-state index contributed by atoms with van der Waals surface area (Å²) in [6, 6.07) is 7.36. The molecule has 4 nitrogen and oxygen atoms in total. The molecular weight excluding hydrogens is 357 g/mol. The van der Waals surface area contributed by atoms with Gasteiger partial charge in [0.1, 0.15) is 0 Å². The Balaban J connectivity index is 0.00000242. The molecule has 0 radical (unpaired) electrons. The number of hydrogen-bond donors (Lipinski definition) is 2. The molecule has 0 saturated carbocycles. The molecule has 1 aliphatic rings. The van der Waals surface area contributed by atoms with Gasteiger partial charge in [0.05, 0.1) is 6.04 Å². The first-order valence-corrected chi connectivity index (χ1v) is 8.04. The SMILES string of the molecule is Cl.Cl.N[C@@H](CCNCc1ccc(Cl)cc1)C(=O)N1CCCCC1. The molecule has 0 bridgehead atoms. The van der Waals surface area contributed by atoms with E-state index in [2.05, 4.69) is 5.32 Å². The predicted molar refractivity (Wildman–Crippen MR) is 101 cm³/mol. The molecule has 23 heavy (non-hydrogen) atoms. The van der Waals surface area contributed by atoms with Crippen molar-refractivity contribution in [2.45, 2.75) is 38.3 Å². The van der Waals surface area contributed by atoms with Crippen LogP contribution in [-0.4, -0.2) is 36.5 Å². The molecule has 2 rings (SSSR count). The van der Waals surface area contributed by atoms with Crippen molar-refractivity contribution in [3.05, 3.63) is 34.9 Å². The predicted octanol–water partition coefficient (Wildman–Crippen LogP) is 3.00. The van der Waals surface area contributed by atoms with E-state index in [1.54, 1.807) is 0 Å². The van der Waals surface area contributed by atoms with Gasteiger partial charge in [-0.2, -0.15) is 0 Å². The molecule has 1 aliphatic heterocycles. The molecule has 1 amide bonds. The Morgan fingerprint density at radius 2 is 1.78 bits per heavy atom. The lowest BCUT2D eigenvalue weighted by Crippen LogP contribution is -2.46. The van der Waals surface area contributed by atoms with Gasteiger partial charge in [0.15, 0.2) is 0 Å². The molecule has 3 N–H and O–H groups in total. The first-order chi connectivity index (χ1) is 10.2. The molecule has 132 valence electrons. The van der Waals surface area contributed by atoms with Crippen molar-refractivity contribution in [2.24, 2.45) is 5.73 Å². The van der Waals surface area contributed by atoms with Gasteiger partial charge in [-0.1, -0.05) is 23.7 Å². The van der Waals surface area contributed by atoms with Crippen molar-refractivity contribution in [1.82, 2.24) is 10.2 Å². The lowest BCUT2D eigenvalue weighted by molar-refractivity contribution is -0.133. The smallest absolute Gasteiger partial charge is 0.239 e. The van der Waals surface area contributed by atoms with Crippen LogP contribution in [0, 0.1) is 0 Å². The molecule has 1 heterocycles. The lowest BCUT2D eigenvalue weighted by Gasteiger charge is -2.29. The number of likely N-dealkylation sites (tertiary alicyclic amines) is 1. The fraction of sp³-hybridized carbons (Fsp3) is 0.562. The maximum absolute atomic E-state index is 12.2. The van der Waals surface area contributed by atoms with Crippen LogP contribution < -0.4 is 11.1 Å². The third-order valence-corrected chi connectivity index (χ3v) is 4.11. The Hall–Kier alpha value is -0.520. The van der Waals surface area contributed by atoms with Crippen molar-refractivity contribution in [3.8, 4) is 0 Å². The second-order valence-corrected chi connectivity index (χ2v) is 6.02. The van der Waals surface area contributed by atoms with Crippen molar-refractivity contribution < 1.29 is 4.79 Å². The minimum Gasteiger partial charge on any atom is -0.341 e. The molecule has 7 heteroatoms. The van der Waals surface area contributed by atoms with E-state index < -0.39 is 0 Å². The van der Waals surface area contributed by atoms with Crippen LogP contribution in [0.15, 0.2) is 24.3 Å². The van der Waals surface area contributed by atoms with Gasteiger partial charge in [-0.3, -0.25) is 4.79 Å². The topological polar surface area (TPSA) is 58.4 Å². The van der Waals surface area contributed by atoms with Gasteiger partial charge in [-0.15, -0.1) is 24.8 Å². The van der Waals surface area contributed by atoms with Crippen LogP contribution in [0.2, 0.25) is 5.02 Å². The zero-order chi connectivity index (χ0) is 15.1. The fourth-order valence-electron chi connectivity index (χ4n) is 2.56. The maximum atomic E-state index is 12.2. The third kappa shape index (κ3) is 7.73. The summed E-state index contributed by atoms with van der Waals surface area (Å²) < 4.78 is 0. The molecule has 0 aliphatic carbocycles. The van der Waals surface area contributed by atoms with E-state index in [-0.39, 0.29) is 36.8 Å². The first kappa shape index (κ1) is 22.5. The van der Waals surface area contributed by atoms with Crippen LogP contribution in [0.25, 0.3) is 0 Å². The van der Waals surface area contributed by atoms with E-state index in [1.165, 1.54) is 12.0 Å². The molecular formula is C16H26Cl3N3O. The fourth-order valence-corrected chi connectivity index (χ4v) is 2.69. The number of nitrogens with two attached hydrogens (primary N) is 1. The van der Waals surface area contributed by atoms with E-state index in [1.807, 2.05) is 29.2 Å². The van der Waals surface area contributed by atoms with E-state index in [0.29, 0.717) is 6.42 Å². The average Bonchev–Trinajstić information content (AvgIpc) is 2.53. The monoisotopic (exact) mass is 381 g/mol. The summed E-state index contributed by atoms with van der Waals surface area (Å²) in [5.74, 6) is 0.1000. The number of piperidine rings is 1. The summed E-state index contributed by atoms with van der Waals surface area (Å²) in [7, 11) is 0. The Bertz CT molecular complexity index is 450. The van der Waals surface area contributed by atoms with Crippen molar-refractivity contribution in [2.75, 3.05) is 19.6 Å². The second-order valence-electron chi connectivity index (χ2n) is 5.58. The van der Waals surface area contributed by atoms with Crippen molar-refractivity contribution in [3.63, 3.8) is 0 Å². The number of halogens is 3. The largest absolute Gasteiger partial charge is 0.341 e. The van der Waals surface area contributed by atoms with Crippen LogP contribution in [0.5, 0.6) is 0 Å². The summed E-state index contributed by atoms with van der Waals surface area (Å²) >= 11 is 5.84. The summed E-state index contributed by atoms with van der Waals surface area (Å²) in [5, 5.41) is 4.06. The number of hydrogen-bond acceptors (Lipinski definition) is 3. The van der Waals surface area contributed by atoms with Crippen LogP contribution >= 0.6 is 36.4 Å². The van der Waals surface area contributed by atoms with Gasteiger partial charge in [-0.05, 0) is 49.9 Å². The third-order valence-electron chi connectivity index (χ3n) is 3.86. The quantitative estimate of drug-likeness (QED) is 0.744. The standard InChI is InChI=1S/C16H24ClN3O.2ClH/c17-14-6-4-13(5-7-14)12-19-9-8-15(18)16(21)20-10-2-1-3-11-20;;/h4-7,15,19H,1-3,8-12,18H2;2*1H/t15-;;/m0../s1. The van der Waals surface area contributed by atoms with Gasteiger partial charge >= 0.3 is 0 Å². The van der Waals surface area contributed by atoms with Crippen molar-refractivity contribution >= 4 is 42.3 Å². The molecule has 1 aromatic carbocycles. The minimum absolute atomic E-state index is 0. The Morgan fingerprint density at radius 3 is 2.39 bits per heavy atom. The molecule has 1 saturated heterocycles. The number of rotatable bonds is 6. The minimum atomic E-state index is -0.388.